The number of hydrogen-bond donors (Lipinski definition) is 2. The third-order valence-electron chi connectivity index (χ3n) is 5.27. The number of H-pyrrole nitrogens is 1. The van der Waals surface area contributed by atoms with Crippen LogP contribution >= 0.6 is 0 Å². The van der Waals surface area contributed by atoms with E-state index in [0.29, 0.717) is 34.7 Å². The Morgan fingerprint density at radius 1 is 1.21 bits per heavy atom. The molecule has 6 nitrogen and oxygen atoms in total. The fourth-order valence-corrected chi connectivity index (χ4v) is 3.96. The predicted octanol–water partition coefficient (Wildman–Crippen LogP) is 3.55. The number of rotatable bonds is 3. The Bertz CT molecular complexity index is 1090. The molecule has 1 aromatic carbocycles. The molecule has 9 heteroatoms. The van der Waals surface area contributed by atoms with Gasteiger partial charge in [0, 0.05) is 12.0 Å². The summed E-state index contributed by atoms with van der Waals surface area (Å²) >= 11 is 0. The van der Waals surface area contributed by atoms with E-state index in [2.05, 4.69) is 9.97 Å². The van der Waals surface area contributed by atoms with Crippen LogP contribution < -0.4 is 10.9 Å². The van der Waals surface area contributed by atoms with E-state index in [-0.39, 0.29) is 11.1 Å². The van der Waals surface area contributed by atoms with Crippen LogP contribution in [-0.4, -0.2) is 26.6 Å². The summed E-state index contributed by atoms with van der Waals surface area (Å²) in [5, 5.41) is 0.998. The highest BCUT2D eigenvalue weighted by Crippen LogP contribution is 2.27. The molecule has 4 rings (SSSR count). The first-order chi connectivity index (χ1) is 13.3. The van der Waals surface area contributed by atoms with Crippen LogP contribution in [-0.2, 0) is 6.42 Å². The number of benzene rings is 1. The van der Waals surface area contributed by atoms with E-state index in [1.54, 1.807) is 4.40 Å². The minimum absolute atomic E-state index is 0.143. The van der Waals surface area contributed by atoms with Crippen LogP contribution in [0.3, 0.4) is 0 Å². The predicted molar refractivity (Wildman–Crippen MR) is 97.1 cm³/mol. The Morgan fingerprint density at radius 3 is 2.68 bits per heavy atom. The fourth-order valence-electron chi connectivity index (χ4n) is 3.96. The van der Waals surface area contributed by atoms with Crippen LogP contribution in [0.2, 0.25) is 0 Å². The average Bonchev–Trinajstić information content (AvgIpc) is 3.06. The molecule has 0 saturated heterocycles. The first kappa shape index (κ1) is 18.5. The molecule has 0 bridgehead atoms. The maximum Gasteiger partial charge on any atom is 0.484 e. The Kier molecular flexibility index (Phi) is 4.60. The van der Waals surface area contributed by atoms with Crippen LogP contribution in [0.15, 0.2) is 29.2 Å². The van der Waals surface area contributed by atoms with Crippen molar-refractivity contribution in [2.75, 3.05) is 0 Å². The maximum atomic E-state index is 12.5. The molecule has 1 aliphatic carbocycles. The second-order valence-electron chi connectivity index (χ2n) is 7.24. The molecule has 0 radical (unpaired) electrons. The molecule has 0 atom stereocenters. The molecule has 148 valence electrons. The Hall–Kier alpha value is -2.84. The molecule has 2 aromatic heterocycles. The summed E-state index contributed by atoms with van der Waals surface area (Å²) in [5.74, 6) is -0.0977. The van der Waals surface area contributed by atoms with E-state index in [1.807, 2.05) is 0 Å². The van der Waals surface area contributed by atoms with Gasteiger partial charge in [0.05, 0.1) is 17.2 Å². The minimum atomic E-state index is -4.81. The largest absolute Gasteiger partial charge is 0.484 e. The van der Waals surface area contributed by atoms with E-state index >= 15 is 0 Å². The van der Waals surface area contributed by atoms with Gasteiger partial charge in [0.1, 0.15) is 11.3 Å². The van der Waals surface area contributed by atoms with Crippen LogP contribution in [0, 0.1) is 5.92 Å². The standard InChI is InChI=1S/C19H19F3N4O2/c20-19(21,22)25-17(27)12-6-7-13-14(9-12)26-15(18(28)24-13)10-23-16(26)8-11-4-2-1-3-5-11/h6-7,9-11H,1-5,8H2,(H,24,28)(H,25,27). The van der Waals surface area contributed by atoms with Crippen LogP contribution in [0.5, 0.6) is 0 Å². The lowest BCUT2D eigenvalue weighted by atomic mass is 9.87. The topological polar surface area (TPSA) is 79.3 Å². The van der Waals surface area contributed by atoms with E-state index in [9.17, 15) is 22.8 Å². The first-order valence-electron chi connectivity index (χ1n) is 9.23. The van der Waals surface area contributed by atoms with Gasteiger partial charge in [-0.15, -0.1) is 0 Å². The first-order valence-corrected chi connectivity index (χ1v) is 9.23. The van der Waals surface area contributed by atoms with Crippen molar-refractivity contribution in [3.63, 3.8) is 0 Å². The lowest BCUT2D eigenvalue weighted by Gasteiger charge is -2.21. The van der Waals surface area contributed by atoms with E-state index in [0.717, 1.165) is 31.0 Å². The van der Waals surface area contributed by atoms with Gasteiger partial charge in [-0.1, -0.05) is 32.1 Å². The second-order valence-corrected chi connectivity index (χ2v) is 7.24. The van der Waals surface area contributed by atoms with Gasteiger partial charge in [-0.25, -0.2) is 4.98 Å². The minimum Gasteiger partial charge on any atom is -0.319 e. The number of fused-ring (bicyclic) bond motifs is 3. The number of alkyl halides is 3. The number of hydrogen-bond acceptors (Lipinski definition) is 3. The zero-order chi connectivity index (χ0) is 19.9. The summed E-state index contributed by atoms with van der Waals surface area (Å²) < 4.78 is 39.1. The van der Waals surface area contributed by atoms with Gasteiger partial charge in [-0.3, -0.25) is 19.3 Å². The van der Waals surface area contributed by atoms with E-state index in [1.165, 1.54) is 30.8 Å². The molecule has 1 saturated carbocycles. The van der Waals surface area contributed by atoms with Crippen molar-refractivity contribution in [2.24, 2.45) is 5.92 Å². The summed E-state index contributed by atoms with van der Waals surface area (Å²) in [6, 6.07) is 4.04. The number of aromatic amines is 1. The van der Waals surface area contributed by atoms with E-state index in [4.69, 9.17) is 0 Å². The van der Waals surface area contributed by atoms with Crippen LogP contribution in [0.25, 0.3) is 16.6 Å². The molecule has 0 unspecified atom stereocenters. The molecule has 0 aliphatic heterocycles. The SMILES string of the molecule is O=C(NC(F)(F)F)c1ccc2[nH]c(=O)c3cnc(CC4CCCCC4)n3c2c1. The summed E-state index contributed by atoms with van der Waals surface area (Å²) in [6.45, 7) is 0. The highest BCUT2D eigenvalue weighted by molar-refractivity contribution is 5.97. The molecular formula is C19H19F3N4O2. The smallest absolute Gasteiger partial charge is 0.319 e. The molecule has 2 N–H and O–H groups in total. The number of imidazole rings is 1. The summed E-state index contributed by atoms with van der Waals surface area (Å²) in [4.78, 5) is 31.4. The highest BCUT2D eigenvalue weighted by Gasteiger charge is 2.30. The zero-order valence-electron chi connectivity index (χ0n) is 15.0. The summed E-state index contributed by atoms with van der Waals surface area (Å²) in [5.41, 5.74) is 0.723. The number of aromatic nitrogens is 3. The lowest BCUT2D eigenvalue weighted by Crippen LogP contribution is -2.37. The van der Waals surface area contributed by atoms with Crippen molar-refractivity contribution in [1.82, 2.24) is 19.7 Å². The zero-order valence-corrected chi connectivity index (χ0v) is 15.0. The molecular weight excluding hydrogens is 373 g/mol. The van der Waals surface area contributed by atoms with E-state index < -0.39 is 12.2 Å². The second kappa shape index (κ2) is 6.96. The van der Waals surface area contributed by atoms with Crippen molar-refractivity contribution in [1.29, 1.82) is 0 Å². The van der Waals surface area contributed by atoms with Crippen LogP contribution in [0.4, 0.5) is 13.2 Å². The van der Waals surface area contributed by atoms with Crippen LogP contribution in [0.1, 0.15) is 48.3 Å². The maximum absolute atomic E-state index is 12.5. The van der Waals surface area contributed by atoms with Gasteiger partial charge in [0.2, 0.25) is 0 Å². The monoisotopic (exact) mass is 392 g/mol. The normalized spacial score (nSPS) is 16.0. The van der Waals surface area contributed by atoms with Crippen molar-refractivity contribution < 1.29 is 18.0 Å². The fraction of sp³-hybridized carbons (Fsp3) is 0.421. The third-order valence-corrected chi connectivity index (χ3v) is 5.27. The van der Waals surface area contributed by atoms with Crippen molar-refractivity contribution in [3.05, 3.63) is 46.1 Å². The molecule has 28 heavy (non-hydrogen) atoms. The number of nitrogens with zero attached hydrogens (tertiary/aromatic N) is 2. The van der Waals surface area contributed by atoms with Gasteiger partial charge in [0.25, 0.3) is 11.5 Å². The molecule has 1 fully saturated rings. The van der Waals surface area contributed by atoms with Gasteiger partial charge >= 0.3 is 6.30 Å². The molecule has 2 heterocycles. The number of amides is 1. The summed E-state index contributed by atoms with van der Waals surface area (Å²) in [6.07, 6.45) is 3.08. The van der Waals surface area contributed by atoms with Gasteiger partial charge in [-0.05, 0) is 24.1 Å². The number of carbonyl (C=O) groups excluding carboxylic acids is 1. The van der Waals surface area contributed by atoms with Crippen molar-refractivity contribution in [3.8, 4) is 0 Å². The Labute approximate surface area is 157 Å². The molecule has 0 spiro atoms. The van der Waals surface area contributed by atoms with Gasteiger partial charge in [-0.2, -0.15) is 13.2 Å². The molecule has 1 aliphatic rings. The van der Waals surface area contributed by atoms with Crippen molar-refractivity contribution in [2.45, 2.75) is 44.8 Å². The van der Waals surface area contributed by atoms with Crippen molar-refractivity contribution >= 4 is 22.5 Å². The quantitative estimate of drug-likeness (QED) is 0.669. The molecule has 1 amide bonds. The average molecular weight is 392 g/mol. The Morgan fingerprint density at radius 2 is 1.96 bits per heavy atom. The Balaban J connectivity index is 1.81. The number of nitrogens with one attached hydrogen (secondary N) is 2. The van der Waals surface area contributed by atoms with Gasteiger partial charge in [0.15, 0.2) is 0 Å². The lowest BCUT2D eigenvalue weighted by molar-refractivity contribution is -0.146. The number of carbonyl (C=O) groups is 1. The summed E-state index contributed by atoms with van der Waals surface area (Å²) in [7, 11) is 0. The highest BCUT2D eigenvalue weighted by atomic mass is 19.4. The number of halogens is 3. The third kappa shape index (κ3) is 3.61. The molecule has 3 aromatic rings. The van der Waals surface area contributed by atoms with Gasteiger partial charge < -0.3 is 4.98 Å².